The minimum atomic E-state index is -0.466. The Morgan fingerprint density at radius 1 is 1.03 bits per heavy atom. The van der Waals surface area contributed by atoms with Gasteiger partial charge in [0, 0.05) is 18.3 Å². The molecule has 1 aromatic heterocycles. The van der Waals surface area contributed by atoms with E-state index in [0.717, 1.165) is 17.0 Å². The minimum absolute atomic E-state index is 0.152. The zero-order valence-electron chi connectivity index (χ0n) is 16.2. The summed E-state index contributed by atoms with van der Waals surface area (Å²) in [6, 6.07) is 18.8. The van der Waals surface area contributed by atoms with Crippen molar-refractivity contribution in [2.24, 2.45) is 0 Å². The van der Waals surface area contributed by atoms with Crippen LogP contribution in [0, 0.1) is 5.82 Å². The lowest BCUT2D eigenvalue weighted by Gasteiger charge is -2.17. The lowest BCUT2D eigenvalue weighted by atomic mass is 9.93. The van der Waals surface area contributed by atoms with Crippen molar-refractivity contribution in [1.82, 2.24) is 10.3 Å². The van der Waals surface area contributed by atoms with Crippen molar-refractivity contribution in [3.05, 3.63) is 90.0 Å². The summed E-state index contributed by atoms with van der Waals surface area (Å²) >= 11 is 0. The smallest absolute Gasteiger partial charge is 0.228 e. The fourth-order valence-electron chi connectivity index (χ4n) is 2.92. The molecular formula is C23H23FN2O3. The molecule has 1 amide bonds. The number of halogens is 1. The number of carbonyl (C=O) groups excluding carboxylic acids is 1. The molecule has 2 aromatic carbocycles. The first-order valence-electron chi connectivity index (χ1n) is 9.35. The van der Waals surface area contributed by atoms with Crippen LogP contribution in [0.2, 0.25) is 0 Å². The zero-order chi connectivity index (χ0) is 20.5. The number of ether oxygens (including phenoxy) is 2. The van der Waals surface area contributed by atoms with Crippen LogP contribution in [-0.2, 0) is 11.2 Å². The third kappa shape index (κ3) is 6.04. The van der Waals surface area contributed by atoms with Crippen molar-refractivity contribution < 1.29 is 18.7 Å². The zero-order valence-corrected chi connectivity index (χ0v) is 16.2. The maximum atomic E-state index is 13.3. The van der Waals surface area contributed by atoms with Crippen LogP contribution in [0.3, 0.4) is 0 Å². The van der Waals surface area contributed by atoms with E-state index in [9.17, 15) is 9.18 Å². The highest BCUT2D eigenvalue weighted by molar-refractivity contribution is 5.83. The molecule has 5 nitrogen and oxygen atoms in total. The molecule has 0 aliphatic rings. The molecule has 0 radical (unpaired) electrons. The van der Waals surface area contributed by atoms with Crippen LogP contribution < -0.4 is 14.8 Å². The SMILES string of the molecule is COc1ccc(OCCNC(=O)C(Cc2ccccn2)c2ccc(F)cc2)cc1. The van der Waals surface area contributed by atoms with E-state index in [2.05, 4.69) is 10.3 Å². The number of rotatable bonds is 9. The fourth-order valence-corrected chi connectivity index (χ4v) is 2.92. The maximum Gasteiger partial charge on any atom is 0.228 e. The van der Waals surface area contributed by atoms with E-state index in [-0.39, 0.29) is 11.7 Å². The summed E-state index contributed by atoms with van der Waals surface area (Å²) in [4.78, 5) is 17.1. The van der Waals surface area contributed by atoms with Gasteiger partial charge in [0.2, 0.25) is 5.91 Å². The number of methoxy groups -OCH3 is 1. The first-order valence-corrected chi connectivity index (χ1v) is 9.35. The van der Waals surface area contributed by atoms with Gasteiger partial charge >= 0.3 is 0 Å². The van der Waals surface area contributed by atoms with Crippen LogP contribution in [0.15, 0.2) is 72.9 Å². The van der Waals surface area contributed by atoms with Gasteiger partial charge in [-0.1, -0.05) is 18.2 Å². The van der Waals surface area contributed by atoms with Gasteiger partial charge in [-0.2, -0.15) is 0 Å². The molecule has 0 saturated heterocycles. The van der Waals surface area contributed by atoms with Gasteiger partial charge in [0.1, 0.15) is 23.9 Å². The molecule has 3 rings (SSSR count). The number of amides is 1. The number of carbonyl (C=O) groups is 1. The number of nitrogens with zero attached hydrogens (tertiary/aromatic N) is 1. The highest BCUT2D eigenvalue weighted by Crippen LogP contribution is 2.21. The molecule has 0 saturated carbocycles. The Labute approximate surface area is 169 Å². The number of pyridine rings is 1. The van der Waals surface area contributed by atoms with Crippen molar-refractivity contribution in [3.8, 4) is 11.5 Å². The molecule has 0 aliphatic carbocycles. The number of benzene rings is 2. The van der Waals surface area contributed by atoms with Crippen LogP contribution in [-0.4, -0.2) is 31.2 Å². The van der Waals surface area contributed by atoms with Gasteiger partial charge in [0.25, 0.3) is 0 Å². The Balaban J connectivity index is 1.59. The second-order valence-corrected chi connectivity index (χ2v) is 6.44. The fraction of sp³-hybridized carbons (Fsp3) is 0.217. The lowest BCUT2D eigenvalue weighted by molar-refractivity contribution is -0.122. The van der Waals surface area contributed by atoms with Crippen LogP contribution >= 0.6 is 0 Å². The average molecular weight is 394 g/mol. The Kier molecular flexibility index (Phi) is 7.16. The van der Waals surface area contributed by atoms with Gasteiger partial charge in [-0.3, -0.25) is 9.78 Å². The lowest BCUT2D eigenvalue weighted by Crippen LogP contribution is -2.33. The van der Waals surface area contributed by atoms with Crippen molar-refractivity contribution in [3.63, 3.8) is 0 Å². The van der Waals surface area contributed by atoms with Gasteiger partial charge in [0.15, 0.2) is 0 Å². The van der Waals surface area contributed by atoms with Crippen LogP contribution in [0.25, 0.3) is 0 Å². The molecule has 0 fully saturated rings. The molecule has 1 atom stereocenters. The van der Waals surface area contributed by atoms with Gasteiger partial charge in [0.05, 0.1) is 19.6 Å². The van der Waals surface area contributed by atoms with Crippen molar-refractivity contribution in [1.29, 1.82) is 0 Å². The Bertz CT molecular complexity index is 900. The van der Waals surface area contributed by atoms with Crippen molar-refractivity contribution >= 4 is 5.91 Å². The normalized spacial score (nSPS) is 11.5. The Hall–Kier alpha value is -3.41. The molecule has 150 valence electrons. The standard InChI is InChI=1S/C23H23FN2O3/c1-28-20-9-11-21(12-10-20)29-15-14-26-23(27)22(16-19-4-2-3-13-25-19)17-5-7-18(24)8-6-17/h2-13,22H,14-16H2,1H3,(H,26,27). The summed E-state index contributed by atoms with van der Waals surface area (Å²) in [6.07, 6.45) is 2.12. The summed E-state index contributed by atoms with van der Waals surface area (Å²) in [5.41, 5.74) is 1.54. The molecule has 1 N–H and O–H groups in total. The Morgan fingerprint density at radius 2 is 1.76 bits per heavy atom. The molecule has 6 heteroatoms. The highest BCUT2D eigenvalue weighted by atomic mass is 19.1. The van der Waals surface area contributed by atoms with Gasteiger partial charge in [-0.05, 0) is 54.1 Å². The molecule has 0 spiro atoms. The summed E-state index contributed by atoms with van der Waals surface area (Å²) in [5.74, 6) is 0.497. The van der Waals surface area contributed by atoms with Crippen molar-refractivity contribution in [2.45, 2.75) is 12.3 Å². The second-order valence-electron chi connectivity index (χ2n) is 6.44. The molecular weight excluding hydrogens is 371 g/mol. The van der Waals surface area contributed by atoms with Crippen LogP contribution in [0.4, 0.5) is 4.39 Å². The van der Waals surface area contributed by atoms with Crippen LogP contribution in [0.5, 0.6) is 11.5 Å². The summed E-state index contributed by atoms with van der Waals surface area (Å²) in [5, 5.41) is 2.90. The predicted molar refractivity (Wildman–Crippen MR) is 109 cm³/mol. The highest BCUT2D eigenvalue weighted by Gasteiger charge is 2.21. The van der Waals surface area contributed by atoms with E-state index in [1.54, 1.807) is 25.4 Å². The molecule has 0 aliphatic heterocycles. The summed E-state index contributed by atoms with van der Waals surface area (Å²) in [6.45, 7) is 0.683. The summed E-state index contributed by atoms with van der Waals surface area (Å²) < 4.78 is 24.1. The predicted octanol–water partition coefficient (Wildman–Crippen LogP) is 3.75. The van der Waals surface area contributed by atoms with E-state index in [4.69, 9.17) is 9.47 Å². The first kappa shape index (κ1) is 20.3. The molecule has 1 unspecified atom stereocenters. The van der Waals surface area contributed by atoms with E-state index in [1.165, 1.54) is 12.1 Å². The molecule has 29 heavy (non-hydrogen) atoms. The summed E-state index contributed by atoms with van der Waals surface area (Å²) in [7, 11) is 1.61. The number of hydrogen-bond acceptors (Lipinski definition) is 4. The largest absolute Gasteiger partial charge is 0.497 e. The van der Waals surface area contributed by atoms with Gasteiger partial charge in [-0.25, -0.2) is 4.39 Å². The van der Waals surface area contributed by atoms with Gasteiger partial charge < -0.3 is 14.8 Å². The maximum absolute atomic E-state index is 13.3. The van der Waals surface area contributed by atoms with Crippen LogP contribution in [0.1, 0.15) is 17.2 Å². The molecule has 0 bridgehead atoms. The van der Waals surface area contributed by atoms with E-state index >= 15 is 0 Å². The van der Waals surface area contributed by atoms with Gasteiger partial charge in [-0.15, -0.1) is 0 Å². The van der Waals surface area contributed by atoms with E-state index < -0.39 is 5.92 Å². The monoisotopic (exact) mass is 394 g/mol. The van der Waals surface area contributed by atoms with Crippen molar-refractivity contribution in [2.75, 3.05) is 20.3 Å². The molecule has 1 heterocycles. The second kappa shape index (κ2) is 10.2. The molecule has 3 aromatic rings. The average Bonchev–Trinajstić information content (AvgIpc) is 2.77. The third-order valence-corrected chi connectivity index (χ3v) is 4.46. The van der Waals surface area contributed by atoms with E-state index in [0.29, 0.717) is 25.3 Å². The number of nitrogens with one attached hydrogen (secondary N) is 1. The number of aromatic nitrogens is 1. The first-order chi connectivity index (χ1) is 14.2. The quantitative estimate of drug-likeness (QED) is 0.562. The Morgan fingerprint density at radius 3 is 2.41 bits per heavy atom. The third-order valence-electron chi connectivity index (χ3n) is 4.46. The number of hydrogen-bond donors (Lipinski definition) is 1. The minimum Gasteiger partial charge on any atom is -0.497 e. The van der Waals surface area contributed by atoms with E-state index in [1.807, 2.05) is 42.5 Å². The topological polar surface area (TPSA) is 60.5 Å².